The highest BCUT2D eigenvalue weighted by molar-refractivity contribution is 5.81. The lowest BCUT2D eigenvalue weighted by atomic mass is 10.0. The van der Waals surface area contributed by atoms with Gasteiger partial charge in [-0.15, -0.1) is 0 Å². The van der Waals surface area contributed by atoms with E-state index in [9.17, 15) is 9.90 Å². The van der Waals surface area contributed by atoms with Crippen molar-refractivity contribution in [3.8, 4) is 23.2 Å². The van der Waals surface area contributed by atoms with Gasteiger partial charge >= 0.3 is 0 Å². The summed E-state index contributed by atoms with van der Waals surface area (Å²) in [6.07, 6.45) is 0. The minimum absolute atomic E-state index is 0.433. The van der Waals surface area contributed by atoms with E-state index in [1.54, 1.807) is 36.4 Å². The maximum Gasteiger partial charge on any atom is 0.138 e. The number of H-pyrrole nitrogens is 1. The Kier molecular flexibility index (Phi) is 5.54. The van der Waals surface area contributed by atoms with Crippen LogP contribution in [0.15, 0.2) is 66.7 Å². The fourth-order valence-electron chi connectivity index (χ4n) is 3.35. The molecule has 0 aliphatic rings. The molecule has 0 fully saturated rings. The van der Waals surface area contributed by atoms with Crippen molar-refractivity contribution in [2.75, 3.05) is 11.9 Å². The topological polar surface area (TPSA) is 114 Å². The van der Waals surface area contributed by atoms with Crippen molar-refractivity contribution in [2.45, 2.75) is 13.0 Å². The van der Waals surface area contributed by atoms with E-state index < -0.39 is 12.0 Å². The zero-order chi connectivity index (χ0) is 21.8. The van der Waals surface area contributed by atoms with Crippen molar-refractivity contribution in [1.82, 2.24) is 9.97 Å². The van der Waals surface area contributed by atoms with E-state index in [1.807, 2.05) is 43.3 Å². The number of para-hydroxylation sites is 2. The summed E-state index contributed by atoms with van der Waals surface area (Å²) < 4.78 is 5.67. The van der Waals surface area contributed by atoms with Crippen molar-refractivity contribution in [1.29, 1.82) is 5.26 Å². The molecular weight excluding hydrogens is 392 g/mol. The highest BCUT2D eigenvalue weighted by Gasteiger charge is 2.17. The van der Waals surface area contributed by atoms with Crippen LogP contribution in [0.2, 0.25) is 0 Å². The number of hydrogen-bond acceptors (Lipinski definition) is 6. The second-order valence-electron chi connectivity index (χ2n) is 6.91. The number of hydrogen-bond donors (Lipinski definition) is 2. The van der Waals surface area contributed by atoms with Gasteiger partial charge in [0.2, 0.25) is 0 Å². The van der Waals surface area contributed by atoms with E-state index in [0.717, 1.165) is 11.0 Å². The van der Waals surface area contributed by atoms with Crippen molar-refractivity contribution < 1.29 is 14.6 Å². The highest BCUT2D eigenvalue weighted by Crippen LogP contribution is 2.30. The number of aromatic nitrogens is 2. The Morgan fingerprint density at radius 2 is 1.97 bits per heavy atom. The number of carboxylic acids is 1. The predicted octanol–water partition coefficient (Wildman–Crippen LogP) is 3.40. The van der Waals surface area contributed by atoms with Gasteiger partial charge in [-0.2, -0.15) is 5.26 Å². The number of nitrogens with one attached hydrogen (secondary N) is 2. The minimum atomic E-state index is -1.28. The fraction of sp³-hybridized carbons (Fsp3) is 0.125. The molecule has 3 aromatic carbocycles. The fourth-order valence-corrected chi connectivity index (χ4v) is 3.35. The molecule has 0 aliphatic heterocycles. The largest absolute Gasteiger partial charge is 0.548 e. The van der Waals surface area contributed by atoms with Crippen LogP contribution in [0.4, 0.5) is 5.69 Å². The Hall–Kier alpha value is -4.31. The van der Waals surface area contributed by atoms with Gasteiger partial charge in [0.05, 0.1) is 41.3 Å². The summed E-state index contributed by atoms with van der Waals surface area (Å²) in [5, 5.41) is 23.9. The number of carboxylic acid groups (broad SMARTS) is 1. The molecule has 0 amide bonds. The Morgan fingerprint density at radius 3 is 2.65 bits per heavy atom. The molecule has 154 valence electrons. The first-order valence-electron chi connectivity index (χ1n) is 9.78. The number of aliphatic carboxylic acids is 1. The third kappa shape index (κ3) is 4.33. The monoisotopic (exact) mass is 411 g/mol. The Bertz CT molecular complexity index is 1240. The van der Waals surface area contributed by atoms with E-state index in [0.29, 0.717) is 40.6 Å². The average Bonchev–Trinajstić information content (AvgIpc) is 3.22. The molecule has 0 saturated heterocycles. The number of rotatable bonds is 7. The lowest BCUT2D eigenvalue weighted by Crippen LogP contribution is -2.34. The van der Waals surface area contributed by atoms with Crippen LogP contribution >= 0.6 is 0 Å². The van der Waals surface area contributed by atoms with Crippen molar-refractivity contribution >= 4 is 22.7 Å². The third-order valence-corrected chi connectivity index (χ3v) is 4.80. The van der Waals surface area contributed by atoms with Gasteiger partial charge in [0.1, 0.15) is 11.6 Å². The van der Waals surface area contributed by atoms with Gasteiger partial charge in [0.25, 0.3) is 0 Å². The molecule has 7 nitrogen and oxygen atoms in total. The first-order valence-corrected chi connectivity index (χ1v) is 9.78. The maximum absolute atomic E-state index is 12.0. The summed E-state index contributed by atoms with van der Waals surface area (Å²) >= 11 is 0. The number of anilines is 1. The zero-order valence-electron chi connectivity index (χ0n) is 16.8. The molecule has 2 N–H and O–H groups in total. The Balaban J connectivity index is 1.75. The normalized spacial score (nSPS) is 11.6. The molecule has 0 saturated carbocycles. The van der Waals surface area contributed by atoms with Crippen LogP contribution in [-0.4, -0.2) is 22.5 Å². The molecule has 4 aromatic rings. The number of carbonyl (C=O) groups excluding carboxylic acids is 1. The standard InChI is InChI=1S/C24H20N4O3/c1-2-31-19-12-16(22(24(29)30)26-18-9-7-15(14-25)8-10-18)11-17(13-19)23-27-20-5-3-4-6-21(20)28-23/h3-13,22,26H,2H2,1H3,(H,27,28)(H,29,30)/p-1. The molecule has 0 aliphatic carbocycles. The van der Waals surface area contributed by atoms with Gasteiger partial charge < -0.3 is 24.9 Å². The number of benzene rings is 3. The first kappa shape index (κ1) is 20.0. The molecule has 1 heterocycles. The lowest BCUT2D eigenvalue weighted by Gasteiger charge is -2.22. The smallest absolute Gasteiger partial charge is 0.138 e. The summed E-state index contributed by atoms with van der Waals surface area (Å²) in [7, 11) is 0. The molecule has 1 unspecified atom stereocenters. The quantitative estimate of drug-likeness (QED) is 0.482. The highest BCUT2D eigenvalue weighted by atomic mass is 16.5. The summed E-state index contributed by atoms with van der Waals surface area (Å²) in [4.78, 5) is 19.9. The number of nitrogens with zero attached hydrogens (tertiary/aromatic N) is 2. The number of nitriles is 1. The van der Waals surface area contributed by atoms with E-state index in [1.165, 1.54) is 0 Å². The number of fused-ring (bicyclic) bond motifs is 1. The van der Waals surface area contributed by atoms with E-state index in [-0.39, 0.29) is 0 Å². The molecule has 0 spiro atoms. The second-order valence-corrected chi connectivity index (χ2v) is 6.91. The first-order chi connectivity index (χ1) is 15.1. The molecule has 31 heavy (non-hydrogen) atoms. The van der Waals surface area contributed by atoms with Crippen LogP contribution in [0.3, 0.4) is 0 Å². The van der Waals surface area contributed by atoms with E-state index in [2.05, 4.69) is 15.3 Å². The Labute approximate surface area is 178 Å². The lowest BCUT2D eigenvalue weighted by molar-refractivity contribution is -0.307. The second kappa shape index (κ2) is 8.59. The summed E-state index contributed by atoms with van der Waals surface area (Å²) in [5.74, 6) is -0.142. The molecule has 1 aromatic heterocycles. The van der Waals surface area contributed by atoms with Crippen LogP contribution in [0, 0.1) is 11.3 Å². The molecule has 7 heteroatoms. The Morgan fingerprint density at radius 1 is 1.19 bits per heavy atom. The minimum Gasteiger partial charge on any atom is -0.548 e. The molecule has 1 atom stereocenters. The van der Waals surface area contributed by atoms with Gasteiger partial charge in [0.15, 0.2) is 0 Å². The van der Waals surface area contributed by atoms with Gasteiger partial charge in [0, 0.05) is 11.3 Å². The molecule has 4 rings (SSSR count). The van der Waals surface area contributed by atoms with Crippen molar-refractivity contribution in [3.63, 3.8) is 0 Å². The van der Waals surface area contributed by atoms with Crippen LogP contribution in [0.25, 0.3) is 22.4 Å². The van der Waals surface area contributed by atoms with E-state index in [4.69, 9.17) is 10.00 Å². The SMILES string of the molecule is CCOc1cc(-c2nc3ccccc3[nH]2)cc(C(Nc2ccc(C#N)cc2)C(=O)[O-])c1. The molecule has 0 radical (unpaired) electrons. The third-order valence-electron chi connectivity index (χ3n) is 4.80. The van der Waals surface area contributed by atoms with E-state index >= 15 is 0 Å². The van der Waals surface area contributed by atoms with Gasteiger partial charge in [-0.05, 0) is 67.1 Å². The predicted molar refractivity (Wildman–Crippen MR) is 115 cm³/mol. The van der Waals surface area contributed by atoms with Crippen LogP contribution in [0.5, 0.6) is 5.75 Å². The number of imidazole rings is 1. The number of aromatic amines is 1. The van der Waals surface area contributed by atoms with Gasteiger partial charge in [-0.25, -0.2) is 4.98 Å². The molecule has 0 bridgehead atoms. The number of carbonyl (C=O) groups is 1. The van der Waals surface area contributed by atoms with Crippen LogP contribution < -0.4 is 15.2 Å². The maximum atomic E-state index is 12.0. The summed E-state index contributed by atoms with van der Waals surface area (Å²) in [6.45, 7) is 2.29. The van der Waals surface area contributed by atoms with Gasteiger partial charge in [-0.3, -0.25) is 0 Å². The summed E-state index contributed by atoms with van der Waals surface area (Å²) in [5.41, 5.74) is 3.90. The van der Waals surface area contributed by atoms with Gasteiger partial charge in [-0.1, -0.05) is 12.1 Å². The van der Waals surface area contributed by atoms with Crippen LogP contribution in [-0.2, 0) is 4.79 Å². The number of ether oxygens (including phenoxy) is 1. The van der Waals surface area contributed by atoms with Crippen molar-refractivity contribution in [3.05, 3.63) is 77.9 Å². The van der Waals surface area contributed by atoms with Crippen LogP contribution in [0.1, 0.15) is 24.1 Å². The average molecular weight is 411 g/mol. The summed E-state index contributed by atoms with van der Waals surface area (Å²) in [6, 6.07) is 20.3. The van der Waals surface area contributed by atoms with Crippen molar-refractivity contribution in [2.24, 2.45) is 0 Å². The zero-order valence-corrected chi connectivity index (χ0v) is 16.8. The molecular formula is C24H19N4O3-.